The van der Waals surface area contributed by atoms with Crippen LogP contribution in [-0.2, 0) is 9.59 Å². The second-order valence-electron chi connectivity index (χ2n) is 7.36. The van der Waals surface area contributed by atoms with Gasteiger partial charge >= 0.3 is 6.61 Å². The molecule has 0 unspecified atom stereocenters. The lowest BCUT2D eigenvalue weighted by atomic mass is 10.2. The van der Waals surface area contributed by atoms with Crippen molar-refractivity contribution in [3.63, 3.8) is 0 Å². The van der Waals surface area contributed by atoms with E-state index in [1.165, 1.54) is 41.5 Å². The van der Waals surface area contributed by atoms with Crippen molar-refractivity contribution < 1.29 is 37.0 Å². The summed E-state index contributed by atoms with van der Waals surface area (Å²) in [6, 6.07) is 13.9. The number of alkyl halides is 2. The number of carbonyl (C=O) groups excluding carboxylic acids is 2. The molecule has 184 valence electrons. The third-order valence-electron chi connectivity index (χ3n) is 4.96. The predicted molar refractivity (Wildman–Crippen MR) is 128 cm³/mol. The van der Waals surface area contributed by atoms with Crippen molar-refractivity contribution in [3.05, 3.63) is 72.3 Å². The monoisotopic (exact) mass is 513 g/mol. The van der Waals surface area contributed by atoms with Crippen molar-refractivity contribution >= 4 is 46.2 Å². The molecule has 1 N–H and O–H groups in total. The van der Waals surface area contributed by atoms with Gasteiger partial charge in [0.1, 0.15) is 17.2 Å². The number of anilines is 2. The molecule has 2 aliphatic heterocycles. The number of amides is 2. The number of benzene rings is 2. The summed E-state index contributed by atoms with van der Waals surface area (Å²) in [5.41, 5.74) is 0.989. The first kappa shape index (κ1) is 23.4. The van der Waals surface area contributed by atoms with Crippen LogP contribution in [0.1, 0.15) is 5.76 Å². The van der Waals surface area contributed by atoms with Crippen molar-refractivity contribution in [2.45, 2.75) is 6.61 Å². The fourth-order valence-corrected chi connectivity index (χ4v) is 4.22. The molecule has 12 heteroatoms. The van der Waals surface area contributed by atoms with Gasteiger partial charge in [-0.25, -0.2) is 4.99 Å². The minimum atomic E-state index is -2.97. The van der Waals surface area contributed by atoms with Crippen LogP contribution in [-0.4, -0.2) is 36.1 Å². The summed E-state index contributed by atoms with van der Waals surface area (Å²) < 4.78 is 45.2. The average Bonchev–Trinajstić information content (AvgIpc) is 3.59. The predicted octanol–water partition coefficient (Wildman–Crippen LogP) is 4.73. The summed E-state index contributed by atoms with van der Waals surface area (Å²) in [4.78, 5) is 31.4. The largest absolute Gasteiger partial charge is 0.465 e. The topological polar surface area (TPSA) is 103 Å². The quantitative estimate of drug-likeness (QED) is 0.456. The first-order chi connectivity index (χ1) is 17.5. The van der Waals surface area contributed by atoms with E-state index < -0.39 is 12.5 Å². The zero-order chi connectivity index (χ0) is 25.1. The molecule has 2 aliphatic rings. The van der Waals surface area contributed by atoms with Crippen LogP contribution in [0.25, 0.3) is 6.08 Å². The maximum atomic E-state index is 13.2. The summed E-state index contributed by atoms with van der Waals surface area (Å²) in [5, 5.41) is 3.00. The molecule has 2 amide bonds. The van der Waals surface area contributed by atoms with Gasteiger partial charge in [0.25, 0.3) is 5.91 Å². The highest BCUT2D eigenvalue weighted by molar-refractivity contribution is 8.14. The van der Waals surface area contributed by atoms with E-state index in [2.05, 4.69) is 15.0 Å². The SMILES string of the molecule is O=C(CSC1=N/C(=C\c2ccco2)C(=O)N1c1ccc(OC(F)F)cc1)Nc1ccc2c(c1)OCO2. The Hall–Kier alpha value is -4.32. The maximum absolute atomic E-state index is 13.2. The van der Waals surface area contributed by atoms with Gasteiger partial charge in [0.15, 0.2) is 16.7 Å². The van der Waals surface area contributed by atoms with Crippen molar-refractivity contribution in [2.75, 3.05) is 22.8 Å². The standard InChI is InChI=1S/C24H17F2N3O6S/c25-23(26)35-16-6-4-15(5-7-16)29-22(31)18(11-17-2-1-9-32-17)28-24(29)36-12-21(30)27-14-3-8-19-20(10-14)34-13-33-19/h1-11,23H,12-13H2,(H,27,30)/b18-11-. The van der Waals surface area contributed by atoms with Crippen LogP contribution >= 0.6 is 11.8 Å². The van der Waals surface area contributed by atoms with E-state index in [0.29, 0.717) is 28.6 Å². The van der Waals surface area contributed by atoms with E-state index in [1.54, 1.807) is 30.3 Å². The molecule has 0 bridgehead atoms. The minimum Gasteiger partial charge on any atom is -0.465 e. The van der Waals surface area contributed by atoms with Crippen molar-refractivity contribution in [1.82, 2.24) is 0 Å². The molecule has 1 aromatic heterocycles. The number of nitrogens with one attached hydrogen (secondary N) is 1. The molecule has 0 radical (unpaired) electrons. The number of hydrogen-bond donors (Lipinski definition) is 1. The van der Waals surface area contributed by atoms with E-state index >= 15 is 0 Å². The van der Waals surface area contributed by atoms with E-state index in [-0.39, 0.29) is 35.1 Å². The number of hydrogen-bond acceptors (Lipinski definition) is 8. The molecule has 3 aromatic rings. The molecule has 2 aromatic carbocycles. The second kappa shape index (κ2) is 10.1. The number of halogens is 2. The van der Waals surface area contributed by atoms with E-state index in [9.17, 15) is 18.4 Å². The van der Waals surface area contributed by atoms with Crippen LogP contribution < -0.4 is 24.4 Å². The van der Waals surface area contributed by atoms with Crippen LogP contribution in [0.3, 0.4) is 0 Å². The first-order valence-electron chi connectivity index (χ1n) is 10.5. The second-order valence-corrected chi connectivity index (χ2v) is 8.30. The van der Waals surface area contributed by atoms with Crippen molar-refractivity contribution in [3.8, 4) is 17.2 Å². The fraction of sp³-hybridized carbons (Fsp3) is 0.125. The van der Waals surface area contributed by atoms with Crippen LogP contribution in [0.5, 0.6) is 17.2 Å². The number of carbonyl (C=O) groups is 2. The van der Waals surface area contributed by atoms with Gasteiger partial charge in [0.05, 0.1) is 17.7 Å². The number of thioether (sulfide) groups is 1. The Kier molecular flexibility index (Phi) is 6.58. The van der Waals surface area contributed by atoms with Gasteiger partial charge in [-0.3, -0.25) is 14.5 Å². The van der Waals surface area contributed by atoms with Crippen molar-refractivity contribution in [2.24, 2.45) is 4.99 Å². The fourth-order valence-electron chi connectivity index (χ4n) is 3.41. The molecule has 0 saturated heterocycles. The Bertz CT molecular complexity index is 1340. The number of aliphatic imine (C=N–C) groups is 1. The molecule has 0 spiro atoms. The number of furan rings is 1. The third-order valence-corrected chi connectivity index (χ3v) is 5.90. The smallest absolute Gasteiger partial charge is 0.387 e. The third kappa shape index (κ3) is 5.18. The summed E-state index contributed by atoms with van der Waals surface area (Å²) in [6.45, 7) is -2.85. The molecule has 5 rings (SSSR count). The summed E-state index contributed by atoms with van der Waals surface area (Å²) in [6.07, 6.45) is 2.94. The highest BCUT2D eigenvalue weighted by Crippen LogP contribution is 2.35. The lowest BCUT2D eigenvalue weighted by Gasteiger charge is -2.18. The summed E-state index contributed by atoms with van der Waals surface area (Å²) >= 11 is 1.04. The Morgan fingerprint density at radius 2 is 1.97 bits per heavy atom. The zero-order valence-corrected chi connectivity index (χ0v) is 19.2. The van der Waals surface area contributed by atoms with Crippen molar-refractivity contribution in [1.29, 1.82) is 0 Å². The van der Waals surface area contributed by atoms with Gasteiger partial charge < -0.3 is 23.9 Å². The van der Waals surface area contributed by atoms with Crippen LogP contribution in [0.4, 0.5) is 20.2 Å². The Morgan fingerprint density at radius 3 is 2.72 bits per heavy atom. The van der Waals surface area contributed by atoms with Gasteiger partial charge in [-0.2, -0.15) is 8.78 Å². The van der Waals surface area contributed by atoms with E-state index in [4.69, 9.17) is 13.9 Å². The minimum absolute atomic E-state index is 0.0546. The van der Waals surface area contributed by atoms with Crippen LogP contribution in [0.15, 0.2) is 76.0 Å². The normalized spacial score (nSPS) is 15.5. The molecule has 3 heterocycles. The maximum Gasteiger partial charge on any atom is 0.387 e. The first-order valence-corrected chi connectivity index (χ1v) is 11.5. The lowest BCUT2D eigenvalue weighted by Crippen LogP contribution is -2.31. The number of nitrogens with zero attached hydrogens (tertiary/aromatic N) is 2. The molecule has 0 aliphatic carbocycles. The zero-order valence-electron chi connectivity index (χ0n) is 18.4. The summed E-state index contributed by atoms with van der Waals surface area (Å²) in [7, 11) is 0. The molecule has 9 nitrogen and oxygen atoms in total. The van der Waals surface area contributed by atoms with Gasteiger partial charge in [0.2, 0.25) is 12.7 Å². The number of amidine groups is 1. The number of ether oxygens (including phenoxy) is 3. The lowest BCUT2D eigenvalue weighted by molar-refractivity contribution is -0.114. The molecular formula is C24H17F2N3O6S. The van der Waals surface area contributed by atoms with Gasteiger partial charge in [-0.1, -0.05) is 11.8 Å². The number of rotatable bonds is 7. The average molecular weight is 513 g/mol. The number of fused-ring (bicyclic) bond motifs is 1. The van der Waals surface area contributed by atoms with Gasteiger partial charge in [-0.15, -0.1) is 0 Å². The Balaban J connectivity index is 1.33. The van der Waals surface area contributed by atoms with E-state index in [0.717, 1.165) is 11.8 Å². The van der Waals surface area contributed by atoms with Gasteiger partial charge in [0, 0.05) is 17.8 Å². The Morgan fingerprint density at radius 1 is 1.17 bits per heavy atom. The van der Waals surface area contributed by atoms with Crippen LogP contribution in [0, 0.1) is 0 Å². The molecule has 0 saturated carbocycles. The summed E-state index contributed by atoms with van der Waals surface area (Å²) in [5.74, 6) is 0.640. The molecule has 0 fully saturated rings. The van der Waals surface area contributed by atoms with Gasteiger partial charge in [-0.05, 0) is 48.5 Å². The Labute approximate surface area is 207 Å². The molecule has 36 heavy (non-hydrogen) atoms. The molecular weight excluding hydrogens is 496 g/mol. The molecule has 0 atom stereocenters. The highest BCUT2D eigenvalue weighted by atomic mass is 32.2. The van der Waals surface area contributed by atoms with Crippen LogP contribution in [0.2, 0.25) is 0 Å². The van der Waals surface area contributed by atoms with E-state index in [1.807, 2.05) is 0 Å². The highest BCUT2D eigenvalue weighted by Gasteiger charge is 2.32.